The Morgan fingerprint density at radius 3 is 2.65 bits per heavy atom. The largest absolute Gasteiger partial charge is 0.352 e. The molecule has 1 aromatic carbocycles. The number of carbonyl (C=O) groups is 1. The summed E-state index contributed by atoms with van der Waals surface area (Å²) in [5.74, 6) is 1.54. The van der Waals surface area contributed by atoms with E-state index in [1.807, 2.05) is 4.57 Å². The first kappa shape index (κ1) is 19.0. The van der Waals surface area contributed by atoms with Crippen LogP contribution in [0.25, 0.3) is 5.69 Å². The van der Waals surface area contributed by atoms with Gasteiger partial charge in [0, 0.05) is 11.7 Å². The smallest absolute Gasteiger partial charge is 0.230 e. The lowest BCUT2D eigenvalue weighted by atomic mass is 9.79. The number of hydrogen-bond acceptors (Lipinski definition) is 4. The van der Waals surface area contributed by atoms with Crippen LogP contribution in [0, 0.1) is 25.7 Å². The summed E-state index contributed by atoms with van der Waals surface area (Å²) in [6, 6.07) is 6.56. The summed E-state index contributed by atoms with van der Waals surface area (Å²) < 4.78 is 1.94. The van der Waals surface area contributed by atoms with Crippen LogP contribution in [0.2, 0.25) is 0 Å². The fourth-order valence-electron chi connectivity index (χ4n) is 3.70. The van der Waals surface area contributed by atoms with E-state index in [1.54, 1.807) is 6.33 Å². The van der Waals surface area contributed by atoms with Crippen LogP contribution in [-0.4, -0.2) is 32.5 Å². The van der Waals surface area contributed by atoms with Gasteiger partial charge < -0.3 is 5.32 Å². The van der Waals surface area contributed by atoms with Gasteiger partial charge in [-0.1, -0.05) is 38.1 Å². The molecule has 2 atom stereocenters. The van der Waals surface area contributed by atoms with Crippen LogP contribution in [0.1, 0.15) is 44.2 Å². The number of nitrogens with zero attached hydrogens (tertiary/aromatic N) is 3. The molecule has 2 unspecified atom stereocenters. The van der Waals surface area contributed by atoms with Crippen molar-refractivity contribution in [3.63, 3.8) is 0 Å². The SMILES string of the molecule is Cc1ccc(-n2cnnc2SCC(=O)NC2C(C)CCCC2C)cc1C. The number of thioether (sulfide) groups is 1. The molecule has 1 amide bonds. The van der Waals surface area contributed by atoms with Gasteiger partial charge in [-0.25, -0.2) is 0 Å². The molecule has 0 aliphatic heterocycles. The molecule has 1 fully saturated rings. The van der Waals surface area contributed by atoms with Crippen molar-refractivity contribution in [2.75, 3.05) is 5.75 Å². The maximum Gasteiger partial charge on any atom is 0.230 e. The maximum absolute atomic E-state index is 12.5. The molecule has 5 nitrogen and oxygen atoms in total. The first-order chi connectivity index (χ1) is 12.5. The Morgan fingerprint density at radius 1 is 1.23 bits per heavy atom. The van der Waals surface area contributed by atoms with Gasteiger partial charge in [0.05, 0.1) is 5.75 Å². The summed E-state index contributed by atoms with van der Waals surface area (Å²) in [7, 11) is 0. The number of aromatic nitrogens is 3. The Balaban J connectivity index is 1.62. The summed E-state index contributed by atoms with van der Waals surface area (Å²) >= 11 is 1.44. The number of amides is 1. The highest BCUT2D eigenvalue weighted by Gasteiger charge is 2.28. The van der Waals surface area contributed by atoms with Crippen molar-refractivity contribution in [3.05, 3.63) is 35.7 Å². The maximum atomic E-state index is 12.5. The topological polar surface area (TPSA) is 59.8 Å². The molecule has 3 rings (SSSR count). The Labute approximate surface area is 160 Å². The fraction of sp³-hybridized carbons (Fsp3) is 0.550. The Morgan fingerprint density at radius 2 is 1.96 bits per heavy atom. The number of benzene rings is 1. The third-order valence-electron chi connectivity index (χ3n) is 5.49. The van der Waals surface area contributed by atoms with Crippen LogP contribution < -0.4 is 5.32 Å². The molecule has 0 saturated heterocycles. The van der Waals surface area contributed by atoms with E-state index in [2.05, 4.69) is 61.4 Å². The number of aryl methyl sites for hydroxylation is 2. The molecule has 0 spiro atoms. The van der Waals surface area contributed by atoms with Gasteiger partial charge in [-0.2, -0.15) is 0 Å². The molecule has 1 aliphatic carbocycles. The summed E-state index contributed by atoms with van der Waals surface area (Å²) in [6.07, 6.45) is 5.37. The number of rotatable bonds is 5. The second-order valence-electron chi connectivity index (χ2n) is 7.52. The van der Waals surface area contributed by atoms with Crippen molar-refractivity contribution < 1.29 is 4.79 Å². The highest BCUT2D eigenvalue weighted by Crippen LogP contribution is 2.29. The molecule has 2 aromatic rings. The lowest BCUT2D eigenvalue weighted by Gasteiger charge is -2.35. The van der Waals surface area contributed by atoms with Crippen molar-refractivity contribution >= 4 is 17.7 Å². The average molecular weight is 373 g/mol. The number of nitrogens with one attached hydrogen (secondary N) is 1. The molecule has 6 heteroatoms. The third kappa shape index (κ3) is 4.29. The van der Waals surface area contributed by atoms with E-state index < -0.39 is 0 Å². The minimum atomic E-state index is 0.0789. The average Bonchev–Trinajstić information content (AvgIpc) is 3.07. The van der Waals surface area contributed by atoms with E-state index in [0.29, 0.717) is 17.6 Å². The summed E-state index contributed by atoms with van der Waals surface area (Å²) in [4.78, 5) is 12.5. The van der Waals surface area contributed by atoms with Crippen molar-refractivity contribution in [1.29, 1.82) is 0 Å². The van der Waals surface area contributed by atoms with Gasteiger partial charge in [-0.15, -0.1) is 10.2 Å². The second kappa shape index (κ2) is 8.25. The van der Waals surface area contributed by atoms with E-state index in [1.165, 1.54) is 42.2 Å². The predicted octanol–water partition coefficient (Wildman–Crippen LogP) is 3.92. The van der Waals surface area contributed by atoms with Gasteiger partial charge in [-0.05, 0) is 61.8 Å². The van der Waals surface area contributed by atoms with Crippen LogP contribution >= 0.6 is 11.8 Å². The molecule has 140 valence electrons. The van der Waals surface area contributed by atoms with Crippen LogP contribution in [0.4, 0.5) is 0 Å². The normalized spacial score (nSPS) is 23.0. The van der Waals surface area contributed by atoms with Gasteiger partial charge in [-0.3, -0.25) is 9.36 Å². The monoisotopic (exact) mass is 372 g/mol. The van der Waals surface area contributed by atoms with Crippen LogP contribution in [0.3, 0.4) is 0 Å². The molecule has 1 heterocycles. The molecule has 0 bridgehead atoms. The first-order valence-electron chi connectivity index (χ1n) is 9.35. The molecule has 1 aliphatic rings. The minimum absolute atomic E-state index is 0.0789. The summed E-state index contributed by atoms with van der Waals surface area (Å²) in [5, 5.41) is 12.2. The highest BCUT2D eigenvalue weighted by molar-refractivity contribution is 7.99. The molecular weight excluding hydrogens is 344 g/mol. The van der Waals surface area contributed by atoms with Gasteiger partial charge in [0.25, 0.3) is 0 Å². The van der Waals surface area contributed by atoms with Gasteiger partial charge in [0.2, 0.25) is 5.91 Å². The van der Waals surface area contributed by atoms with Crippen molar-refractivity contribution in [2.24, 2.45) is 11.8 Å². The zero-order chi connectivity index (χ0) is 18.7. The van der Waals surface area contributed by atoms with Crippen LogP contribution in [-0.2, 0) is 4.79 Å². The summed E-state index contributed by atoms with van der Waals surface area (Å²) in [5.41, 5.74) is 3.51. The van der Waals surface area contributed by atoms with Crippen molar-refractivity contribution in [3.8, 4) is 5.69 Å². The molecule has 1 saturated carbocycles. The minimum Gasteiger partial charge on any atom is -0.352 e. The van der Waals surface area contributed by atoms with Crippen molar-refractivity contribution in [1.82, 2.24) is 20.1 Å². The first-order valence-corrected chi connectivity index (χ1v) is 10.3. The molecule has 0 radical (unpaired) electrons. The highest BCUT2D eigenvalue weighted by atomic mass is 32.2. The van der Waals surface area contributed by atoms with E-state index in [0.717, 1.165) is 10.8 Å². The zero-order valence-corrected chi connectivity index (χ0v) is 16.8. The fourth-order valence-corrected chi connectivity index (χ4v) is 4.44. The quantitative estimate of drug-likeness (QED) is 0.808. The number of carbonyl (C=O) groups excluding carboxylic acids is 1. The van der Waals surface area contributed by atoms with Crippen LogP contribution in [0.15, 0.2) is 29.7 Å². The Bertz CT molecular complexity index is 763. The van der Waals surface area contributed by atoms with Gasteiger partial charge in [0.15, 0.2) is 5.16 Å². The predicted molar refractivity (Wildman–Crippen MR) is 106 cm³/mol. The van der Waals surface area contributed by atoms with E-state index in [-0.39, 0.29) is 11.9 Å². The Hall–Kier alpha value is -1.82. The van der Waals surface area contributed by atoms with Gasteiger partial charge in [0.1, 0.15) is 6.33 Å². The Kier molecular flexibility index (Phi) is 6.01. The van der Waals surface area contributed by atoms with Crippen LogP contribution in [0.5, 0.6) is 0 Å². The molecular formula is C20H28N4OS. The van der Waals surface area contributed by atoms with E-state index in [4.69, 9.17) is 0 Å². The molecule has 26 heavy (non-hydrogen) atoms. The third-order valence-corrected chi connectivity index (χ3v) is 6.43. The van der Waals surface area contributed by atoms with Crippen molar-refractivity contribution in [2.45, 2.75) is 58.2 Å². The number of hydrogen-bond donors (Lipinski definition) is 1. The summed E-state index contributed by atoms with van der Waals surface area (Å²) in [6.45, 7) is 8.67. The molecule has 1 aromatic heterocycles. The zero-order valence-electron chi connectivity index (χ0n) is 16.0. The van der Waals surface area contributed by atoms with E-state index >= 15 is 0 Å². The van der Waals surface area contributed by atoms with Gasteiger partial charge >= 0.3 is 0 Å². The standard InChI is InChI=1S/C20H28N4OS/c1-13-8-9-17(10-16(13)4)24-12-21-23-20(24)26-11-18(25)22-19-14(2)6-5-7-15(19)3/h8-10,12,14-15,19H,5-7,11H2,1-4H3,(H,22,25). The van der Waals surface area contributed by atoms with E-state index in [9.17, 15) is 4.79 Å². The lowest BCUT2D eigenvalue weighted by molar-refractivity contribution is -0.120. The second-order valence-corrected chi connectivity index (χ2v) is 8.46. The lowest BCUT2D eigenvalue weighted by Crippen LogP contribution is -2.46. The molecule has 1 N–H and O–H groups in total.